The van der Waals surface area contributed by atoms with Crippen LogP contribution in [0, 0.1) is 5.82 Å². The first-order valence-electron chi connectivity index (χ1n) is 6.97. The first kappa shape index (κ1) is 16.6. The van der Waals surface area contributed by atoms with Crippen molar-refractivity contribution in [2.45, 2.75) is 25.8 Å². The van der Waals surface area contributed by atoms with E-state index < -0.39 is 5.54 Å². The monoisotopic (exact) mass is 321 g/mol. The number of hydrogen-bond donors (Lipinski definition) is 1. The Hall–Kier alpha value is -1.79. The maximum atomic E-state index is 13.6. The van der Waals surface area contributed by atoms with Gasteiger partial charge in [-0.1, -0.05) is 18.2 Å². The van der Waals surface area contributed by atoms with E-state index in [1.54, 1.807) is 18.3 Å². The molecule has 2 rings (SSSR count). The summed E-state index contributed by atoms with van der Waals surface area (Å²) in [5.74, 6) is -0.348. The van der Waals surface area contributed by atoms with Crippen molar-refractivity contribution >= 4 is 22.4 Å². The summed E-state index contributed by atoms with van der Waals surface area (Å²) in [6, 6.07) is 6.67. The van der Waals surface area contributed by atoms with Gasteiger partial charge in [0.2, 0.25) is 5.91 Å². The first-order valence-corrected chi connectivity index (χ1v) is 7.79. The van der Waals surface area contributed by atoms with Gasteiger partial charge in [-0.15, -0.1) is 11.3 Å². The van der Waals surface area contributed by atoms with Crippen molar-refractivity contribution in [2.75, 3.05) is 19.4 Å². The van der Waals surface area contributed by atoms with Crippen LogP contribution >= 0.6 is 11.3 Å². The Morgan fingerprint density at radius 1 is 1.36 bits per heavy atom. The van der Waals surface area contributed by atoms with Crippen LogP contribution < -0.4 is 5.32 Å². The number of carbonyl (C=O) groups excluding carboxylic acids is 1. The molecule has 22 heavy (non-hydrogen) atoms. The Kier molecular flexibility index (Phi) is 4.93. The van der Waals surface area contributed by atoms with Crippen molar-refractivity contribution in [3.8, 4) is 0 Å². The van der Waals surface area contributed by atoms with E-state index in [2.05, 4.69) is 10.3 Å². The molecule has 1 aromatic heterocycles. The van der Waals surface area contributed by atoms with Crippen molar-refractivity contribution in [3.05, 3.63) is 46.7 Å². The summed E-state index contributed by atoms with van der Waals surface area (Å²) in [6.07, 6.45) is 2.15. The zero-order valence-corrected chi connectivity index (χ0v) is 14.0. The quantitative estimate of drug-likeness (QED) is 0.920. The molecule has 1 amide bonds. The average Bonchev–Trinajstić information content (AvgIpc) is 2.88. The Labute approximate surface area is 134 Å². The number of nitrogens with zero attached hydrogens (tertiary/aromatic N) is 2. The highest BCUT2D eigenvalue weighted by Gasteiger charge is 2.30. The molecule has 0 saturated carbocycles. The predicted molar refractivity (Wildman–Crippen MR) is 87.7 cm³/mol. The van der Waals surface area contributed by atoms with E-state index in [0.717, 1.165) is 4.88 Å². The van der Waals surface area contributed by atoms with Gasteiger partial charge in [0, 0.05) is 17.5 Å². The molecule has 2 aromatic rings. The molecule has 0 atom stereocenters. The van der Waals surface area contributed by atoms with Crippen LogP contribution in [0.3, 0.4) is 0 Å². The number of likely N-dealkylation sites (N-methyl/N-ethyl adjacent to an activating group) is 1. The molecule has 0 aliphatic rings. The number of rotatable bonds is 5. The molecule has 0 spiro atoms. The van der Waals surface area contributed by atoms with Crippen molar-refractivity contribution in [3.63, 3.8) is 0 Å². The van der Waals surface area contributed by atoms with E-state index in [9.17, 15) is 9.18 Å². The summed E-state index contributed by atoms with van der Waals surface area (Å²) in [4.78, 5) is 19.2. The van der Waals surface area contributed by atoms with E-state index in [1.807, 2.05) is 38.9 Å². The molecule has 0 unspecified atom stereocenters. The number of aromatic nitrogens is 1. The molecule has 6 heteroatoms. The van der Waals surface area contributed by atoms with Crippen LogP contribution in [0.25, 0.3) is 0 Å². The van der Waals surface area contributed by atoms with Gasteiger partial charge in [0.1, 0.15) is 5.82 Å². The number of thiazole rings is 1. The zero-order valence-electron chi connectivity index (χ0n) is 13.2. The first-order chi connectivity index (χ1) is 10.3. The number of hydrogen-bond acceptors (Lipinski definition) is 4. The third-order valence-corrected chi connectivity index (χ3v) is 4.68. The minimum atomic E-state index is -0.628. The summed E-state index contributed by atoms with van der Waals surface area (Å²) in [5, 5.41) is 3.35. The van der Waals surface area contributed by atoms with Crippen molar-refractivity contribution in [1.29, 1.82) is 0 Å². The topological polar surface area (TPSA) is 45.2 Å². The van der Waals surface area contributed by atoms with Gasteiger partial charge in [0.15, 0.2) is 5.13 Å². The maximum Gasteiger partial charge on any atom is 0.246 e. The van der Waals surface area contributed by atoms with Crippen molar-refractivity contribution < 1.29 is 9.18 Å². The molecular formula is C16H20FN3OS. The molecule has 0 saturated heterocycles. The van der Waals surface area contributed by atoms with Crippen LogP contribution in [0.5, 0.6) is 0 Å². The second kappa shape index (κ2) is 6.54. The Morgan fingerprint density at radius 3 is 2.68 bits per heavy atom. The van der Waals surface area contributed by atoms with E-state index in [0.29, 0.717) is 17.1 Å². The van der Waals surface area contributed by atoms with Crippen LogP contribution in [0.1, 0.15) is 24.3 Å². The molecule has 0 radical (unpaired) electrons. The van der Waals surface area contributed by atoms with Crippen LogP contribution in [-0.4, -0.2) is 35.4 Å². The number of carbonyl (C=O) groups is 1. The summed E-state index contributed by atoms with van der Waals surface area (Å²) in [5.41, 5.74) is -0.00479. The van der Waals surface area contributed by atoms with Gasteiger partial charge in [0.25, 0.3) is 0 Å². The fraction of sp³-hybridized carbons (Fsp3) is 0.375. The lowest BCUT2D eigenvalue weighted by Gasteiger charge is -2.30. The second-order valence-corrected chi connectivity index (χ2v) is 6.92. The third-order valence-electron chi connectivity index (χ3n) is 3.77. The molecule has 0 aliphatic heterocycles. The number of amides is 1. The van der Waals surface area contributed by atoms with Crippen LogP contribution in [0.15, 0.2) is 30.5 Å². The summed E-state index contributed by atoms with van der Waals surface area (Å²) in [7, 11) is 3.70. The molecular weight excluding hydrogens is 301 g/mol. The van der Waals surface area contributed by atoms with E-state index in [1.165, 1.54) is 17.4 Å². The normalized spacial score (nSPS) is 11.7. The fourth-order valence-electron chi connectivity index (χ4n) is 1.73. The standard InChI is InChI=1S/C16H20FN3OS/c1-16(2,20(3)4)14(21)19-15-18-10-12(22-15)9-11-7-5-6-8-13(11)17/h5-8,10H,9H2,1-4H3,(H,18,19,21). The van der Waals surface area contributed by atoms with E-state index >= 15 is 0 Å². The highest BCUT2D eigenvalue weighted by atomic mass is 32.1. The largest absolute Gasteiger partial charge is 0.300 e. The minimum absolute atomic E-state index is 0.121. The number of benzene rings is 1. The Morgan fingerprint density at radius 2 is 2.05 bits per heavy atom. The number of halogens is 1. The van der Waals surface area contributed by atoms with Gasteiger partial charge in [-0.25, -0.2) is 9.37 Å². The molecule has 1 heterocycles. The van der Waals surface area contributed by atoms with Gasteiger partial charge < -0.3 is 5.32 Å². The average molecular weight is 321 g/mol. The maximum absolute atomic E-state index is 13.6. The molecule has 1 N–H and O–H groups in total. The molecule has 0 fully saturated rings. The van der Waals surface area contributed by atoms with Crippen LogP contribution in [-0.2, 0) is 11.2 Å². The van der Waals surface area contributed by atoms with E-state index in [-0.39, 0.29) is 11.7 Å². The fourth-order valence-corrected chi connectivity index (χ4v) is 2.56. The zero-order chi connectivity index (χ0) is 16.3. The smallest absolute Gasteiger partial charge is 0.246 e. The third kappa shape index (κ3) is 3.69. The molecule has 118 valence electrons. The van der Waals surface area contributed by atoms with E-state index in [4.69, 9.17) is 0 Å². The van der Waals surface area contributed by atoms with Gasteiger partial charge in [-0.2, -0.15) is 0 Å². The van der Waals surface area contributed by atoms with Gasteiger partial charge in [-0.05, 0) is 39.6 Å². The second-order valence-electron chi connectivity index (χ2n) is 5.81. The van der Waals surface area contributed by atoms with Gasteiger partial charge >= 0.3 is 0 Å². The van der Waals surface area contributed by atoms with Crippen LogP contribution in [0.2, 0.25) is 0 Å². The van der Waals surface area contributed by atoms with Gasteiger partial charge in [-0.3, -0.25) is 9.69 Å². The summed E-state index contributed by atoms with van der Waals surface area (Å²) in [6.45, 7) is 3.69. The highest BCUT2D eigenvalue weighted by Crippen LogP contribution is 2.23. The lowest BCUT2D eigenvalue weighted by Crippen LogP contribution is -2.48. The predicted octanol–water partition coefficient (Wildman–Crippen LogP) is 3.15. The number of nitrogens with one attached hydrogen (secondary N) is 1. The number of anilines is 1. The summed E-state index contributed by atoms with van der Waals surface area (Å²) >= 11 is 1.36. The van der Waals surface area contributed by atoms with Gasteiger partial charge in [0.05, 0.1) is 5.54 Å². The Bertz CT molecular complexity index is 667. The molecule has 1 aromatic carbocycles. The summed E-state index contributed by atoms with van der Waals surface area (Å²) < 4.78 is 13.6. The van der Waals surface area contributed by atoms with Crippen molar-refractivity contribution in [2.24, 2.45) is 0 Å². The molecule has 0 aliphatic carbocycles. The minimum Gasteiger partial charge on any atom is -0.300 e. The SMILES string of the molecule is CN(C)C(C)(C)C(=O)Nc1ncc(Cc2ccccc2F)s1. The molecule has 4 nitrogen and oxygen atoms in total. The lowest BCUT2D eigenvalue weighted by atomic mass is 10.0. The Balaban J connectivity index is 2.06. The van der Waals surface area contributed by atoms with Crippen LogP contribution in [0.4, 0.5) is 9.52 Å². The molecule has 0 bridgehead atoms. The highest BCUT2D eigenvalue weighted by molar-refractivity contribution is 7.15. The van der Waals surface area contributed by atoms with Crippen molar-refractivity contribution in [1.82, 2.24) is 9.88 Å². The lowest BCUT2D eigenvalue weighted by molar-refractivity contribution is -0.124.